The molecule has 0 radical (unpaired) electrons. The molecule has 1 aromatic rings. The predicted octanol–water partition coefficient (Wildman–Crippen LogP) is 2.77. The van der Waals surface area contributed by atoms with Crippen LogP contribution in [0.3, 0.4) is 0 Å². The molecule has 3 rings (SSSR count). The number of hydrogen-bond donors (Lipinski definition) is 2. The van der Waals surface area contributed by atoms with E-state index < -0.39 is 12.1 Å². The smallest absolute Gasteiger partial charge is 0.245 e. The minimum atomic E-state index is -0.637. The monoisotopic (exact) mass is 399 g/mol. The number of amides is 3. The molecule has 0 spiro atoms. The van der Waals surface area contributed by atoms with Crippen LogP contribution >= 0.6 is 0 Å². The Balaban J connectivity index is 1.52. The highest BCUT2D eigenvalue weighted by Gasteiger charge is 2.30. The van der Waals surface area contributed by atoms with Crippen LogP contribution in [0.1, 0.15) is 63.9 Å². The Hall–Kier alpha value is -2.37. The molecular weight excluding hydrogens is 366 g/mol. The second-order valence-corrected chi connectivity index (χ2v) is 8.45. The molecule has 1 aromatic carbocycles. The average molecular weight is 400 g/mol. The first-order valence-corrected chi connectivity index (χ1v) is 11.0. The lowest BCUT2D eigenvalue weighted by Gasteiger charge is -2.26. The number of nitrogens with zero attached hydrogens (tertiary/aromatic N) is 1. The van der Waals surface area contributed by atoms with Crippen LogP contribution < -0.4 is 10.6 Å². The Kier molecular flexibility index (Phi) is 7.67. The molecule has 1 aliphatic heterocycles. The van der Waals surface area contributed by atoms with Gasteiger partial charge in [-0.2, -0.15) is 0 Å². The zero-order valence-corrected chi connectivity index (χ0v) is 17.4. The Bertz CT molecular complexity index is 701. The Labute approximate surface area is 173 Å². The molecule has 2 atom stereocenters. The van der Waals surface area contributed by atoms with Gasteiger partial charge in [0.1, 0.15) is 12.1 Å². The number of hydrogen-bond acceptors (Lipinski definition) is 3. The third kappa shape index (κ3) is 6.31. The molecule has 3 amide bonds. The van der Waals surface area contributed by atoms with Crippen LogP contribution in [0.2, 0.25) is 0 Å². The Morgan fingerprint density at radius 2 is 1.76 bits per heavy atom. The number of benzene rings is 1. The molecule has 0 aromatic heterocycles. The summed E-state index contributed by atoms with van der Waals surface area (Å²) in [6.45, 7) is 2.94. The SMILES string of the molecule is CC(NC(=O)CC1CCCC1)C(=O)NC1CCCCN(Cc2ccccc2)C1=O. The molecule has 6 heteroatoms. The van der Waals surface area contributed by atoms with Crippen molar-refractivity contribution in [3.8, 4) is 0 Å². The molecule has 2 N–H and O–H groups in total. The van der Waals surface area contributed by atoms with Crippen molar-refractivity contribution in [2.75, 3.05) is 6.54 Å². The third-order valence-corrected chi connectivity index (χ3v) is 6.03. The molecule has 29 heavy (non-hydrogen) atoms. The van der Waals surface area contributed by atoms with Crippen LogP contribution in [0.4, 0.5) is 0 Å². The van der Waals surface area contributed by atoms with Gasteiger partial charge in [0.2, 0.25) is 17.7 Å². The first-order valence-electron chi connectivity index (χ1n) is 11.0. The summed E-state index contributed by atoms with van der Waals surface area (Å²) in [4.78, 5) is 39.6. The van der Waals surface area contributed by atoms with Gasteiger partial charge in [-0.05, 0) is 50.5 Å². The second kappa shape index (κ2) is 10.4. The predicted molar refractivity (Wildman–Crippen MR) is 112 cm³/mol. The largest absolute Gasteiger partial charge is 0.345 e. The van der Waals surface area contributed by atoms with Gasteiger partial charge in [0.05, 0.1) is 0 Å². The van der Waals surface area contributed by atoms with Crippen LogP contribution in [-0.4, -0.2) is 41.2 Å². The van der Waals surface area contributed by atoms with Gasteiger partial charge in [-0.15, -0.1) is 0 Å². The van der Waals surface area contributed by atoms with E-state index in [0.29, 0.717) is 31.8 Å². The number of nitrogens with one attached hydrogen (secondary N) is 2. The normalized spacial score (nSPS) is 21.5. The van der Waals surface area contributed by atoms with Gasteiger partial charge in [-0.3, -0.25) is 14.4 Å². The number of likely N-dealkylation sites (tertiary alicyclic amines) is 1. The quantitative estimate of drug-likeness (QED) is 0.740. The first kappa shape index (κ1) is 21.3. The van der Waals surface area contributed by atoms with E-state index in [9.17, 15) is 14.4 Å². The topological polar surface area (TPSA) is 78.5 Å². The van der Waals surface area contributed by atoms with Crippen LogP contribution in [0.5, 0.6) is 0 Å². The van der Waals surface area contributed by atoms with E-state index in [2.05, 4.69) is 10.6 Å². The van der Waals surface area contributed by atoms with Crippen molar-refractivity contribution < 1.29 is 14.4 Å². The van der Waals surface area contributed by atoms with Gasteiger partial charge in [-0.1, -0.05) is 43.2 Å². The fourth-order valence-corrected chi connectivity index (χ4v) is 4.34. The molecular formula is C23H33N3O3. The average Bonchev–Trinajstić information content (AvgIpc) is 3.16. The van der Waals surface area contributed by atoms with E-state index in [0.717, 1.165) is 31.2 Å². The van der Waals surface area contributed by atoms with Crippen molar-refractivity contribution in [1.82, 2.24) is 15.5 Å². The Morgan fingerprint density at radius 1 is 1.07 bits per heavy atom. The highest BCUT2D eigenvalue weighted by molar-refractivity contribution is 5.92. The summed E-state index contributed by atoms with van der Waals surface area (Å²) in [7, 11) is 0. The van der Waals surface area contributed by atoms with Crippen molar-refractivity contribution in [2.24, 2.45) is 5.92 Å². The minimum Gasteiger partial charge on any atom is -0.345 e. The summed E-state index contributed by atoms with van der Waals surface area (Å²) in [6, 6.07) is 8.74. The van der Waals surface area contributed by atoms with Crippen LogP contribution in [-0.2, 0) is 20.9 Å². The number of rotatable bonds is 7. The fourth-order valence-electron chi connectivity index (χ4n) is 4.34. The zero-order chi connectivity index (χ0) is 20.6. The summed E-state index contributed by atoms with van der Waals surface area (Å²) < 4.78 is 0. The zero-order valence-electron chi connectivity index (χ0n) is 17.4. The van der Waals surface area contributed by atoms with Crippen LogP contribution in [0.15, 0.2) is 30.3 Å². The molecule has 1 aliphatic carbocycles. The van der Waals surface area contributed by atoms with E-state index in [1.165, 1.54) is 12.8 Å². The van der Waals surface area contributed by atoms with Gasteiger partial charge in [0.15, 0.2) is 0 Å². The third-order valence-electron chi connectivity index (χ3n) is 6.03. The van der Waals surface area contributed by atoms with Crippen LogP contribution in [0, 0.1) is 5.92 Å². The van der Waals surface area contributed by atoms with Crippen LogP contribution in [0.25, 0.3) is 0 Å². The lowest BCUT2D eigenvalue weighted by Crippen LogP contribution is -2.52. The molecule has 2 aliphatic rings. The van der Waals surface area contributed by atoms with Gasteiger partial charge < -0.3 is 15.5 Å². The number of carbonyl (C=O) groups is 3. The molecule has 1 saturated carbocycles. The first-order chi connectivity index (χ1) is 14.0. The summed E-state index contributed by atoms with van der Waals surface area (Å²) in [5.41, 5.74) is 1.08. The van der Waals surface area contributed by atoms with E-state index in [1.54, 1.807) is 6.92 Å². The van der Waals surface area contributed by atoms with E-state index in [-0.39, 0.29) is 17.7 Å². The molecule has 2 fully saturated rings. The molecule has 1 saturated heterocycles. The molecule has 1 heterocycles. The summed E-state index contributed by atoms with van der Waals surface area (Å²) in [5.74, 6) is 0.0477. The van der Waals surface area contributed by atoms with E-state index in [1.807, 2.05) is 35.2 Å². The fraction of sp³-hybridized carbons (Fsp3) is 0.609. The van der Waals surface area contributed by atoms with E-state index >= 15 is 0 Å². The lowest BCUT2D eigenvalue weighted by molar-refractivity contribution is -0.137. The lowest BCUT2D eigenvalue weighted by atomic mass is 10.0. The van der Waals surface area contributed by atoms with Crippen molar-refractivity contribution in [2.45, 2.75) is 76.9 Å². The summed E-state index contributed by atoms with van der Waals surface area (Å²) >= 11 is 0. The minimum absolute atomic E-state index is 0.0378. The molecule has 2 unspecified atom stereocenters. The molecule has 0 bridgehead atoms. The van der Waals surface area contributed by atoms with Crippen molar-refractivity contribution in [3.63, 3.8) is 0 Å². The standard InChI is InChI=1S/C23H33N3O3/c1-17(24-21(27)15-18-9-5-6-10-18)22(28)25-20-13-7-8-14-26(23(20)29)16-19-11-3-2-4-12-19/h2-4,11-12,17-18,20H,5-10,13-16H2,1H3,(H,24,27)(H,25,28). The molecule has 158 valence electrons. The van der Waals surface area contributed by atoms with Crippen molar-refractivity contribution >= 4 is 17.7 Å². The van der Waals surface area contributed by atoms with E-state index in [4.69, 9.17) is 0 Å². The summed E-state index contributed by atoms with van der Waals surface area (Å²) in [6.07, 6.45) is 7.53. The highest BCUT2D eigenvalue weighted by Crippen LogP contribution is 2.27. The van der Waals surface area contributed by atoms with Gasteiger partial charge in [0, 0.05) is 19.5 Å². The maximum atomic E-state index is 13.0. The maximum Gasteiger partial charge on any atom is 0.245 e. The number of carbonyl (C=O) groups excluding carboxylic acids is 3. The Morgan fingerprint density at radius 3 is 2.48 bits per heavy atom. The molecule has 6 nitrogen and oxygen atoms in total. The van der Waals surface area contributed by atoms with Gasteiger partial charge in [0.25, 0.3) is 0 Å². The second-order valence-electron chi connectivity index (χ2n) is 8.45. The van der Waals surface area contributed by atoms with Crippen molar-refractivity contribution in [1.29, 1.82) is 0 Å². The van der Waals surface area contributed by atoms with Gasteiger partial charge >= 0.3 is 0 Å². The highest BCUT2D eigenvalue weighted by atomic mass is 16.2. The van der Waals surface area contributed by atoms with Crippen molar-refractivity contribution in [3.05, 3.63) is 35.9 Å². The van der Waals surface area contributed by atoms with Gasteiger partial charge in [-0.25, -0.2) is 0 Å². The maximum absolute atomic E-state index is 13.0. The summed E-state index contributed by atoms with van der Waals surface area (Å²) in [5, 5.41) is 5.68.